The number of amides is 1. The molecular formula is C18H15BrFN3OS. The van der Waals surface area contributed by atoms with E-state index in [-0.39, 0.29) is 11.7 Å². The van der Waals surface area contributed by atoms with Crippen molar-refractivity contribution in [2.24, 2.45) is 0 Å². The molecule has 0 unspecified atom stereocenters. The highest BCUT2D eigenvalue weighted by molar-refractivity contribution is 9.10. The highest BCUT2D eigenvalue weighted by Gasteiger charge is 2.16. The second-order valence-electron chi connectivity index (χ2n) is 5.49. The number of hydrogen-bond donors (Lipinski definition) is 2. The number of carbonyl (C=O) groups excluding carboxylic acids is 1. The lowest BCUT2D eigenvalue weighted by Gasteiger charge is -2.06. The van der Waals surface area contributed by atoms with Crippen molar-refractivity contribution in [1.29, 1.82) is 0 Å². The molecule has 0 bridgehead atoms. The minimum absolute atomic E-state index is 0.219. The highest BCUT2D eigenvalue weighted by Crippen LogP contribution is 2.27. The Morgan fingerprint density at radius 3 is 2.68 bits per heavy atom. The monoisotopic (exact) mass is 419 g/mol. The van der Waals surface area contributed by atoms with Gasteiger partial charge in [-0.2, -0.15) is 0 Å². The van der Waals surface area contributed by atoms with Crippen LogP contribution in [0.2, 0.25) is 0 Å². The van der Waals surface area contributed by atoms with Crippen molar-refractivity contribution in [3.8, 4) is 0 Å². The predicted octanol–water partition coefficient (Wildman–Crippen LogP) is 5.66. The van der Waals surface area contributed by atoms with Gasteiger partial charge in [-0.1, -0.05) is 33.3 Å². The van der Waals surface area contributed by atoms with Crippen molar-refractivity contribution in [3.63, 3.8) is 0 Å². The van der Waals surface area contributed by atoms with E-state index < -0.39 is 0 Å². The first kappa shape index (κ1) is 17.6. The van der Waals surface area contributed by atoms with Crippen molar-refractivity contribution >= 4 is 49.7 Å². The number of aryl methyl sites for hydroxylation is 2. The van der Waals surface area contributed by atoms with E-state index in [2.05, 4.69) is 31.5 Å². The van der Waals surface area contributed by atoms with Gasteiger partial charge in [-0.05, 0) is 55.8 Å². The molecule has 0 saturated heterocycles. The number of rotatable bonds is 4. The Morgan fingerprint density at radius 2 is 1.96 bits per heavy atom. The van der Waals surface area contributed by atoms with Gasteiger partial charge in [-0.15, -0.1) is 0 Å². The lowest BCUT2D eigenvalue weighted by molar-refractivity contribution is 0.103. The van der Waals surface area contributed by atoms with Crippen LogP contribution in [0.25, 0.3) is 0 Å². The Morgan fingerprint density at radius 1 is 1.16 bits per heavy atom. The van der Waals surface area contributed by atoms with E-state index in [9.17, 15) is 9.18 Å². The molecule has 1 aromatic heterocycles. The number of nitrogens with zero attached hydrogens (tertiary/aromatic N) is 1. The lowest BCUT2D eigenvalue weighted by atomic mass is 10.2. The average Bonchev–Trinajstić information content (AvgIpc) is 2.91. The Labute approximate surface area is 157 Å². The number of anilines is 3. The first-order valence-electron chi connectivity index (χ1n) is 7.50. The van der Waals surface area contributed by atoms with E-state index in [0.717, 1.165) is 15.7 Å². The molecular weight excluding hydrogens is 405 g/mol. The fourth-order valence-corrected chi connectivity index (χ4v) is 3.39. The van der Waals surface area contributed by atoms with Gasteiger partial charge in [-0.3, -0.25) is 4.79 Å². The average molecular weight is 420 g/mol. The van der Waals surface area contributed by atoms with Gasteiger partial charge < -0.3 is 10.6 Å². The Bertz CT molecular complexity index is 942. The van der Waals surface area contributed by atoms with Crippen LogP contribution in [0.4, 0.5) is 20.9 Å². The van der Waals surface area contributed by atoms with Crippen molar-refractivity contribution in [2.45, 2.75) is 13.8 Å². The first-order valence-corrected chi connectivity index (χ1v) is 9.11. The predicted molar refractivity (Wildman–Crippen MR) is 103 cm³/mol. The molecule has 128 valence electrons. The maximum absolute atomic E-state index is 13.3. The van der Waals surface area contributed by atoms with Crippen molar-refractivity contribution in [2.75, 3.05) is 10.6 Å². The molecule has 1 amide bonds. The molecule has 0 aliphatic rings. The van der Waals surface area contributed by atoms with Crippen LogP contribution in [0, 0.1) is 19.7 Å². The third-order valence-electron chi connectivity index (χ3n) is 3.49. The molecule has 1 heterocycles. The summed E-state index contributed by atoms with van der Waals surface area (Å²) < 4.78 is 14.2. The smallest absolute Gasteiger partial charge is 0.267 e. The maximum Gasteiger partial charge on any atom is 0.267 e. The molecule has 7 heteroatoms. The van der Waals surface area contributed by atoms with Crippen LogP contribution in [0.3, 0.4) is 0 Å². The molecule has 3 aromatic rings. The van der Waals surface area contributed by atoms with Gasteiger partial charge >= 0.3 is 0 Å². The number of nitrogens with one attached hydrogen (secondary N) is 2. The maximum atomic E-state index is 13.3. The van der Waals surface area contributed by atoms with E-state index in [1.807, 2.05) is 25.1 Å². The summed E-state index contributed by atoms with van der Waals surface area (Å²) >= 11 is 4.67. The van der Waals surface area contributed by atoms with Gasteiger partial charge in [-0.25, -0.2) is 9.37 Å². The zero-order chi connectivity index (χ0) is 18.0. The van der Waals surface area contributed by atoms with Gasteiger partial charge in [0.2, 0.25) is 0 Å². The quantitative estimate of drug-likeness (QED) is 0.573. The molecule has 3 rings (SSSR count). The fraction of sp³-hybridized carbons (Fsp3) is 0.111. The zero-order valence-electron chi connectivity index (χ0n) is 13.6. The molecule has 0 aliphatic carbocycles. The van der Waals surface area contributed by atoms with Gasteiger partial charge in [0, 0.05) is 15.8 Å². The standard InChI is InChI=1S/C18H15BrFN3OS/c1-10-8-14(6-7-15(10)19)22-17(24)16-11(2)21-18(25-16)23-13-5-3-4-12(20)9-13/h3-9H,1-2H3,(H,21,23)(H,22,24). The number of aromatic nitrogens is 1. The van der Waals surface area contributed by atoms with E-state index in [0.29, 0.717) is 21.4 Å². The van der Waals surface area contributed by atoms with Crippen LogP contribution < -0.4 is 10.6 Å². The molecule has 2 N–H and O–H groups in total. The van der Waals surface area contributed by atoms with Gasteiger partial charge in [0.1, 0.15) is 10.7 Å². The third kappa shape index (κ3) is 4.24. The van der Waals surface area contributed by atoms with Gasteiger partial charge in [0.15, 0.2) is 5.13 Å². The summed E-state index contributed by atoms with van der Waals surface area (Å²) in [7, 11) is 0. The summed E-state index contributed by atoms with van der Waals surface area (Å²) in [5.74, 6) is -0.550. The molecule has 0 fully saturated rings. The summed E-state index contributed by atoms with van der Waals surface area (Å²) in [6.07, 6.45) is 0. The normalized spacial score (nSPS) is 10.6. The van der Waals surface area contributed by atoms with Crippen LogP contribution in [0.15, 0.2) is 46.9 Å². The molecule has 0 spiro atoms. The van der Waals surface area contributed by atoms with E-state index in [1.54, 1.807) is 19.1 Å². The van der Waals surface area contributed by atoms with E-state index in [1.165, 1.54) is 23.5 Å². The molecule has 0 atom stereocenters. The summed E-state index contributed by atoms with van der Waals surface area (Å²) in [6.45, 7) is 3.73. The van der Waals surface area contributed by atoms with Crippen molar-refractivity contribution in [1.82, 2.24) is 4.98 Å². The zero-order valence-corrected chi connectivity index (χ0v) is 16.0. The van der Waals surface area contributed by atoms with Crippen LogP contribution in [0.1, 0.15) is 20.9 Å². The van der Waals surface area contributed by atoms with Crippen molar-refractivity contribution < 1.29 is 9.18 Å². The van der Waals surface area contributed by atoms with Crippen LogP contribution in [-0.2, 0) is 0 Å². The number of thiazole rings is 1. The molecule has 4 nitrogen and oxygen atoms in total. The van der Waals surface area contributed by atoms with Gasteiger partial charge in [0.25, 0.3) is 5.91 Å². The SMILES string of the molecule is Cc1cc(NC(=O)c2sc(Nc3cccc(F)c3)nc2C)ccc1Br. The Balaban J connectivity index is 1.77. The van der Waals surface area contributed by atoms with Crippen LogP contribution >= 0.6 is 27.3 Å². The molecule has 2 aromatic carbocycles. The largest absolute Gasteiger partial charge is 0.331 e. The number of carbonyl (C=O) groups is 1. The third-order valence-corrected chi connectivity index (χ3v) is 5.46. The molecule has 0 aliphatic heterocycles. The molecule has 0 radical (unpaired) electrons. The molecule has 0 saturated carbocycles. The lowest BCUT2D eigenvalue weighted by Crippen LogP contribution is -2.11. The van der Waals surface area contributed by atoms with Crippen molar-refractivity contribution in [3.05, 3.63) is 68.9 Å². The summed E-state index contributed by atoms with van der Waals surface area (Å²) in [6, 6.07) is 11.7. The minimum Gasteiger partial charge on any atom is -0.331 e. The second-order valence-corrected chi connectivity index (χ2v) is 7.34. The highest BCUT2D eigenvalue weighted by atomic mass is 79.9. The Kier molecular flexibility index (Phi) is 5.15. The van der Waals surface area contributed by atoms with E-state index in [4.69, 9.17) is 0 Å². The van der Waals surface area contributed by atoms with Crippen LogP contribution in [-0.4, -0.2) is 10.9 Å². The fourth-order valence-electron chi connectivity index (χ4n) is 2.26. The second kappa shape index (κ2) is 7.33. The number of benzene rings is 2. The number of halogens is 2. The molecule has 25 heavy (non-hydrogen) atoms. The van der Waals surface area contributed by atoms with Crippen LogP contribution in [0.5, 0.6) is 0 Å². The number of hydrogen-bond acceptors (Lipinski definition) is 4. The Hall–Kier alpha value is -2.25. The first-order chi connectivity index (χ1) is 11.9. The van der Waals surface area contributed by atoms with Gasteiger partial charge in [0.05, 0.1) is 5.69 Å². The summed E-state index contributed by atoms with van der Waals surface area (Å²) in [5.41, 5.74) is 2.96. The topological polar surface area (TPSA) is 54.0 Å². The minimum atomic E-state index is -0.332. The van der Waals surface area contributed by atoms with E-state index >= 15 is 0 Å². The summed E-state index contributed by atoms with van der Waals surface area (Å²) in [5, 5.41) is 6.44. The summed E-state index contributed by atoms with van der Waals surface area (Å²) in [4.78, 5) is 17.4.